The van der Waals surface area contributed by atoms with Crippen molar-refractivity contribution in [1.82, 2.24) is 14.5 Å². The zero-order valence-corrected chi connectivity index (χ0v) is 17.3. The number of nitrogens with zero attached hydrogens (tertiary/aromatic N) is 2. The molecule has 0 aromatic carbocycles. The number of hydrogen-bond donors (Lipinski definition) is 2. The summed E-state index contributed by atoms with van der Waals surface area (Å²) >= 11 is 0. The maximum Gasteiger partial charge on any atom is 0.329 e. The minimum absolute atomic E-state index is 0.0253. The summed E-state index contributed by atoms with van der Waals surface area (Å²) in [6.07, 6.45) is 0.924. The third-order valence-corrected chi connectivity index (χ3v) is 7.09. The third kappa shape index (κ3) is 3.36. The van der Waals surface area contributed by atoms with Crippen molar-refractivity contribution in [2.45, 2.75) is 57.4 Å². The van der Waals surface area contributed by atoms with Crippen LogP contribution in [-0.2, 0) is 0 Å². The lowest BCUT2D eigenvalue weighted by atomic mass is 9.89. The Labute approximate surface area is 172 Å². The third-order valence-electron chi connectivity index (χ3n) is 7.09. The lowest BCUT2D eigenvalue weighted by Crippen LogP contribution is -2.61. The van der Waals surface area contributed by atoms with Crippen molar-refractivity contribution in [3.05, 3.63) is 31.4 Å². The summed E-state index contributed by atoms with van der Waals surface area (Å²) in [4.78, 5) is 29.3. The highest BCUT2D eigenvalue weighted by atomic mass is 19.1. The largest absolute Gasteiger partial charge is 0.329 e. The zero-order valence-electron chi connectivity index (χ0n) is 17.3. The number of halogens is 3. The number of H-pyrrole nitrogens is 1. The van der Waals surface area contributed by atoms with E-state index in [2.05, 4.69) is 4.98 Å². The molecule has 30 heavy (non-hydrogen) atoms. The van der Waals surface area contributed by atoms with E-state index in [4.69, 9.17) is 5.73 Å². The first-order valence-corrected chi connectivity index (χ1v) is 10.6. The van der Waals surface area contributed by atoms with E-state index in [1.54, 1.807) is 18.4 Å². The average Bonchev–Trinajstić information content (AvgIpc) is 3.43. The first kappa shape index (κ1) is 21.4. The van der Waals surface area contributed by atoms with E-state index >= 15 is 4.39 Å². The highest BCUT2D eigenvalue weighted by molar-refractivity contribution is 5.62. The van der Waals surface area contributed by atoms with Crippen molar-refractivity contribution >= 4 is 11.1 Å². The van der Waals surface area contributed by atoms with Gasteiger partial charge in [0.25, 0.3) is 5.56 Å². The minimum Gasteiger partial charge on any atom is -0.327 e. The Morgan fingerprint density at radius 1 is 1.13 bits per heavy atom. The van der Waals surface area contributed by atoms with Crippen LogP contribution in [0, 0.1) is 11.8 Å². The van der Waals surface area contributed by atoms with Crippen LogP contribution < -0.4 is 27.6 Å². The van der Waals surface area contributed by atoms with E-state index < -0.39 is 48.8 Å². The Morgan fingerprint density at radius 2 is 1.80 bits per heavy atom. The molecule has 3 N–H and O–H groups in total. The van der Waals surface area contributed by atoms with Gasteiger partial charge in [0, 0.05) is 24.5 Å². The van der Waals surface area contributed by atoms with Crippen molar-refractivity contribution < 1.29 is 13.2 Å². The average molecular weight is 426 g/mol. The zero-order chi connectivity index (χ0) is 21.7. The summed E-state index contributed by atoms with van der Waals surface area (Å²) in [6.45, 7) is 2.72. The van der Waals surface area contributed by atoms with Gasteiger partial charge in [-0.05, 0) is 56.7 Å². The van der Waals surface area contributed by atoms with Crippen LogP contribution in [-0.4, -0.2) is 59.1 Å². The predicted molar refractivity (Wildman–Crippen MR) is 109 cm³/mol. The Hall–Kier alpha value is -1.87. The maximum absolute atomic E-state index is 15.6. The highest BCUT2D eigenvalue weighted by Crippen LogP contribution is 2.34. The summed E-state index contributed by atoms with van der Waals surface area (Å²) in [7, 11) is 0. The summed E-state index contributed by atoms with van der Waals surface area (Å²) in [5.41, 5.74) is 6.07. The number of aromatic nitrogens is 2. The predicted octanol–water partition coefficient (Wildman–Crippen LogP) is 0.137. The van der Waals surface area contributed by atoms with Crippen LogP contribution in [0.2, 0.25) is 0 Å². The Bertz CT molecular complexity index is 1060. The van der Waals surface area contributed by atoms with Gasteiger partial charge in [0.05, 0.1) is 30.0 Å². The molecule has 1 saturated heterocycles. The van der Waals surface area contributed by atoms with Gasteiger partial charge in [-0.25, -0.2) is 9.18 Å². The molecule has 0 bridgehead atoms. The van der Waals surface area contributed by atoms with Crippen LogP contribution in [0.15, 0.2) is 9.59 Å². The fraction of sp³-hybridized carbons (Fsp3) is 0.714. The van der Waals surface area contributed by atoms with Crippen molar-refractivity contribution in [3.8, 4) is 0 Å². The number of likely N-dealkylation sites (tertiary alicyclic amines) is 1. The number of fused-ring (bicyclic) bond motifs is 1. The lowest BCUT2D eigenvalue weighted by Gasteiger charge is -2.35. The maximum atomic E-state index is 15.6. The van der Waals surface area contributed by atoms with Crippen molar-refractivity contribution in [2.75, 3.05) is 26.4 Å². The molecular formula is C21H29F3N4O2. The second-order valence-corrected chi connectivity index (χ2v) is 8.99. The summed E-state index contributed by atoms with van der Waals surface area (Å²) < 4.78 is 43.4. The first-order chi connectivity index (χ1) is 14.3. The van der Waals surface area contributed by atoms with E-state index in [1.165, 1.54) is 0 Å². The van der Waals surface area contributed by atoms with E-state index in [0.29, 0.717) is 36.0 Å². The standard InChI is InChI=1S/C21H29F3N4O2/c1-10-15-18(28(14-3-4-14)21(30)26-20(15)29)11(2)19(16(10)24)27-6-5-12(9-27)17(25)13(7-22)8-23/h12-14,16-17,19H,3-9,25H2,1-2H3,(H,26,29,30). The number of hydrogen-bond acceptors (Lipinski definition) is 4. The summed E-state index contributed by atoms with van der Waals surface area (Å²) in [5.74, 6) is -0.979. The van der Waals surface area contributed by atoms with Crippen LogP contribution in [0.1, 0.15) is 39.2 Å². The van der Waals surface area contributed by atoms with Gasteiger partial charge in [-0.2, -0.15) is 0 Å². The molecule has 1 saturated carbocycles. The molecule has 4 unspecified atom stereocenters. The minimum atomic E-state index is -1.41. The van der Waals surface area contributed by atoms with Gasteiger partial charge in [-0.15, -0.1) is 0 Å². The van der Waals surface area contributed by atoms with Gasteiger partial charge in [0.1, 0.15) is 6.17 Å². The molecule has 1 aliphatic heterocycles. The molecule has 0 spiro atoms. The molecule has 0 amide bonds. The van der Waals surface area contributed by atoms with Crippen LogP contribution in [0.3, 0.4) is 0 Å². The normalized spacial score (nSPS) is 28.3. The van der Waals surface area contributed by atoms with E-state index in [9.17, 15) is 18.4 Å². The first-order valence-electron chi connectivity index (χ1n) is 10.6. The van der Waals surface area contributed by atoms with Crippen molar-refractivity contribution in [1.29, 1.82) is 0 Å². The molecule has 1 aromatic rings. The molecular weight excluding hydrogens is 397 g/mol. The van der Waals surface area contributed by atoms with Gasteiger partial charge in [-0.3, -0.25) is 28.0 Å². The van der Waals surface area contributed by atoms with E-state index in [1.807, 2.05) is 4.90 Å². The van der Waals surface area contributed by atoms with Gasteiger partial charge in [0.2, 0.25) is 0 Å². The summed E-state index contributed by atoms with van der Waals surface area (Å²) in [6, 6.07) is -1.23. The Kier molecular flexibility index (Phi) is 5.69. The summed E-state index contributed by atoms with van der Waals surface area (Å²) in [5, 5.41) is 0.783. The smallest absolute Gasteiger partial charge is 0.327 e. The molecule has 4 atom stereocenters. The lowest BCUT2D eigenvalue weighted by molar-refractivity contribution is 0.178. The molecule has 2 aliphatic carbocycles. The fourth-order valence-corrected chi connectivity index (χ4v) is 5.19. The topological polar surface area (TPSA) is 84.1 Å². The molecule has 2 heterocycles. The van der Waals surface area contributed by atoms with Crippen LogP contribution >= 0.6 is 0 Å². The second-order valence-electron chi connectivity index (χ2n) is 8.99. The van der Waals surface area contributed by atoms with Crippen LogP contribution in [0.25, 0.3) is 11.1 Å². The second kappa shape index (κ2) is 8.00. The Balaban J connectivity index is 1.76. The molecule has 6 nitrogen and oxygen atoms in total. The SMILES string of the molecule is CC1=c2c(=O)[nH]c(=O)n(C3CC3)c2=C(C)C(N2CCC(C(N)C(CF)CF)C2)C1F. The number of alkyl halides is 3. The molecule has 0 radical (unpaired) electrons. The number of nitrogens with one attached hydrogen (secondary N) is 1. The van der Waals surface area contributed by atoms with Crippen LogP contribution in [0.5, 0.6) is 0 Å². The molecule has 166 valence electrons. The van der Waals surface area contributed by atoms with Gasteiger partial charge >= 0.3 is 5.69 Å². The molecule has 2 fully saturated rings. The van der Waals surface area contributed by atoms with Gasteiger partial charge < -0.3 is 5.73 Å². The van der Waals surface area contributed by atoms with Crippen LogP contribution in [0.4, 0.5) is 13.2 Å². The van der Waals surface area contributed by atoms with Crippen molar-refractivity contribution in [2.24, 2.45) is 17.6 Å². The molecule has 4 rings (SSSR count). The van der Waals surface area contributed by atoms with Gasteiger partial charge in [-0.1, -0.05) is 0 Å². The van der Waals surface area contributed by atoms with E-state index in [0.717, 1.165) is 12.8 Å². The van der Waals surface area contributed by atoms with Crippen molar-refractivity contribution in [3.63, 3.8) is 0 Å². The molecule has 9 heteroatoms. The fourth-order valence-electron chi connectivity index (χ4n) is 5.19. The number of aromatic amines is 1. The molecule has 1 aromatic heterocycles. The van der Waals surface area contributed by atoms with E-state index in [-0.39, 0.29) is 17.2 Å². The Morgan fingerprint density at radius 3 is 2.40 bits per heavy atom. The number of nitrogens with two attached hydrogens (primary N) is 1. The highest BCUT2D eigenvalue weighted by Gasteiger charge is 2.41. The van der Waals surface area contributed by atoms with Gasteiger partial charge in [0.15, 0.2) is 0 Å². The molecule has 3 aliphatic rings. The number of rotatable bonds is 6. The monoisotopic (exact) mass is 426 g/mol. The quantitative estimate of drug-likeness (QED) is 0.678.